The largest absolute Gasteiger partial charge is 0.478 e. The van der Waals surface area contributed by atoms with Crippen LogP contribution in [-0.2, 0) is 4.74 Å². The fourth-order valence-electron chi connectivity index (χ4n) is 2.67. The number of carbonyl (C=O) groups is 2. The standard InChI is InChI=1S/C19H17NO5/c1-19(2)10-25-16(20-19)15-6-4-3-5-14(15)11-7-12(17(21)22)9-13(8-11)18(23)24/h3-9H,10H2,1-2H3,(H,21,22)(H,23,24). The van der Waals surface area contributed by atoms with Gasteiger partial charge in [-0.25, -0.2) is 14.6 Å². The number of hydrogen-bond donors (Lipinski definition) is 2. The second-order valence-electron chi connectivity index (χ2n) is 6.47. The number of ether oxygens (including phenoxy) is 1. The Labute approximate surface area is 144 Å². The van der Waals surface area contributed by atoms with E-state index < -0.39 is 11.9 Å². The zero-order chi connectivity index (χ0) is 18.2. The third-order valence-electron chi connectivity index (χ3n) is 3.86. The summed E-state index contributed by atoms with van der Waals surface area (Å²) in [6.07, 6.45) is 0. The van der Waals surface area contributed by atoms with E-state index >= 15 is 0 Å². The van der Waals surface area contributed by atoms with Crippen LogP contribution in [0.3, 0.4) is 0 Å². The minimum Gasteiger partial charge on any atom is -0.478 e. The smallest absolute Gasteiger partial charge is 0.335 e. The summed E-state index contributed by atoms with van der Waals surface area (Å²) in [7, 11) is 0. The summed E-state index contributed by atoms with van der Waals surface area (Å²) >= 11 is 0. The lowest BCUT2D eigenvalue weighted by atomic mass is 9.95. The molecule has 2 aromatic rings. The number of carboxylic acids is 2. The molecule has 1 heterocycles. The van der Waals surface area contributed by atoms with Crippen LogP contribution in [0.25, 0.3) is 11.1 Å². The summed E-state index contributed by atoms with van der Waals surface area (Å²) in [5.41, 5.74) is 1.36. The maximum absolute atomic E-state index is 11.3. The van der Waals surface area contributed by atoms with Gasteiger partial charge in [0.05, 0.1) is 16.7 Å². The van der Waals surface area contributed by atoms with Crippen LogP contribution in [0.15, 0.2) is 47.5 Å². The first-order valence-electron chi connectivity index (χ1n) is 7.71. The van der Waals surface area contributed by atoms with Gasteiger partial charge in [-0.2, -0.15) is 0 Å². The monoisotopic (exact) mass is 339 g/mol. The zero-order valence-corrected chi connectivity index (χ0v) is 13.8. The predicted molar refractivity (Wildman–Crippen MR) is 92.4 cm³/mol. The van der Waals surface area contributed by atoms with Crippen LogP contribution >= 0.6 is 0 Å². The van der Waals surface area contributed by atoms with E-state index in [1.54, 1.807) is 12.1 Å². The second kappa shape index (κ2) is 6.05. The molecule has 0 saturated carbocycles. The highest BCUT2D eigenvalue weighted by Gasteiger charge is 2.28. The van der Waals surface area contributed by atoms with Crippen LogP contribution in [0.1, 0.15) is 40.1 Å². The molecule has 0 fully saturated rings. The van der Waals surface area contributed by atoms with Crippen molar-refractivity contribution in [2.75, 3.05) is 6.61 Å². The molecule has 25 heavy (non-hydrogen) atoms. The van der Waals surface area contributed by atoms with E-state index in [1.807, 2.05) is 26.0 Å². The first-order valence-corrected chi connectivity index (χ1v) is 7.71. The quantitative estimate of drug-likeness (QED) is 0.891. The maximum atomic E-state index is 11.3. The van der Waals surface area contributed by atoms with Gasteiger partial charge in [-0.15, -0.1) is 0 Å². The number of benzene rings is 2. The van der Waals surface area contributed by atoms with E-state index in [-0.39, 0.29) is 16.7 Å². The molecule has 0 aliphatic carbocycles. The Balaban J connectivity index is 2.18. The second-order valence-corrected chi connectivity index (χ2v) is 6.47. The summed E-state index contributed by atoms with van der Waals surface area (Å²) in [6, 6.07) is 11.3. The third kappa shape index (κ3) is 3.38. The van der Waals surface area contributed by atoms with Crippen LogP contribution in [0.4, 0.5) is 0 Å². The number of aromatic carboxylic acids is 2. The molecular formula is C19H17NO5. The zero-order valence-electron chi connectivity index (χ0n) is 13.8. The molecule has 0 bridgehead atoms. The Kier molecular flexibility index (Phi) is 4.04. The minimum absolute atomic E-state index is 0.0840. The molecule has 0 radical (unpaired) electrons. The molecule has 3 rings (SSSR count). The lowest BCUT2D eigenvalue weighted by Gasteiger charge is -2.11. The van der Waals surface area contributed by atoms with Crippen molar-refractivity contribution in [1.82, 2.24) is 0 Å². The molecule has 2 aromatic carbocycles. The molecule has 1 aliphatic heterocycles. The molecule has 0 atom stereocenters. The highest BCUT2D eigenvalue weighted by atomic mass is 16.5. The highest BCUT2D eigenvalue weighted by molar-refractivity contribution is 6.03. The molecule has 0 unspecified atom stereocenters. The van der Waals surface area contributed by atoms with Crippen LogP contribution in [-0.4, -0.2) is 40.2 Å². The highest BCUT2D eigenvalue weighted by Crippen LogP contribution is 2.30. The van der Waals surface area contributed by atoms with Gasteiger partial charge in [0.2, 0.25) is 5.90 Å². The first kappa shape index (κ1) is 16.7. The number of rotatable bonds is 4. The van der Waals surface area contributed by atoms with Gasteiger partial charge in [-0.3, -0.25) is 0 Å². The van der Waals surface area contributed by atoms with Crippen LogP contribution in [0.2, 0.25) is 0 Å². The van der Waals surface area contributed by atoms with Gasteiger partial charge in [0, 0.05) is 5.56 Å². The van der Waals surface area contributed by atoms with E-state index in [4.69, 9.17) is 4.74 Å². The third-order valence-corrected chi connectivity index (χ3v) is 3.86. The van der Waals surface area contributed by atoms with Gasteiger partial charge < -0.3 is 14.9 Å². The molecule has 1 aliphatic rings. The van der Waals surface area contributed by atoms with Gasteiger partial charge >= 0.3 is 11.9 Å². The van der Waals surface area contributed by atoms with Crippen molar-refractivity contribution in [3.05, 3.63) is 59.2 Å². The van der Waals surface area contributed by atoms with Crippen LogP contribution in [0.5, 0.6) is 0 Å². The van der Waals surface area contributed by atoms with E-state index in [0.717, 1.165) is 6.07 Å². The lowest BCUT2D eigenvalue weighted by Crippen LogP contribution is -2.17. The average molecular weight is 339 g/mol. The van der Waals surface area contributed by atoms with Gasteiger partial charge in [0.1, 0.15) is 6.61 Å². The van der Waals surface area contributed by atoms with Gasteiger partial charge in [-0.1, -0.05) is 18.2 Å². The summed E-state index contributed by atoms with van der Waals surface area (Å²) in [6.45, 7) is 4.36. The van der Waals surface area contributed by atoms with Gasteiger partial charge in [-0.05, 0) is 49.2 Å². The first-order chi connectivity index (χ1) is 11.8. The normalized spacial score (nSPS) is 15.4. The lowest BCUT2D eigenvalue weighted by molar-refractivity contribution is 0.0696. The Morgan fingerprint density at radius 3 is 2.04 bits per heavy atom. The molecule has 6 nitrogen and oxygen atoms in total. The molecule has 128 valence electrons. The van der Waals surface area contributed by atoms with Crippen molar-refractivity contribution in [3.63, 3.8) is 0 Å². The van der Waals surface area contributed by atoms with E-state index in [1.165, 1.54) is 12.1 Å². The van der Waals surface area contributed by atoms with Crippen molar-refractivity contribution in [2.24, 2.45) is 4.99 Å². The molecule has 0 amide bonds. The molecule has 0 aromatic heterocycles. The number of hydrogen-bond acceptors (Lipinski definition) is 4. The molecule has 0 spiro atoms. The molecule has 0 saturated heterocycles. The van der Waals surface area contributed by atoms with Crippen molar-refractivity contribution >= 4 is 17.8 Å². The number of nitrogens with zero attached hydrogens (tertiary/aromatic N) is 1. The summed E-state index contributed by atoms with van der Waals surface area (Å²) in [4.78, 5) is 27.2. The summed E-state index contributed by atoms with van der Waals surface area (Å²) in [5.74, 6) is -1.90. The predicted octanol–water partition coefficient (Wildman–Crippen LogP) is 3.31. The van der Waals surface area contributed by atoms with E-state index in [0.29, 0.717) is 29.2 Å². The summed E-state index contributed by atoms with van der Waals surface area (Å²) < 4.78 is 5.69. The summed E-state index contributed by atoms with van der Waals surface area (Å²) in [5, 5.41) is 18.5. The minimum atomic E-state index is -1.18. The van der Waals surface area contributed by atoms with E-state index in [9.17, 15) is 19.8 Å². The van der Waals surface area contributed by atoms with Gasteiger partial charge in [0.15, 0.2) is 0 Å². The molecule has 6 heteroatoms. The van der Waals surface area contributed by atoms with E-state index in [2.05, 4.69) is 4.99 Å². The number of carboxylic acid groups (broad SMARTS) is 2. The van der Waals surface area contributed by atoms with Crippen molar-refractivity contribution in [3.8, 4) is 11.1 Å². The van der Waals surface area contributed by atoms with Crippen molar-refractivity contribution in [1.29, 1.82) is 0 Å². The Morgan fingerprint density at radius 2 is 1.56 bits per heavy atom. The Bertz CT molecular complexity index is 866. The Hall–Kier alpha value is -3.15. The molecule has 2 N–H and O–H groups in total. The Morgan fingerprint density at radius 1 is 1.00 bits per heavy atom. The topological polar surface area (TPSA) is 96.2 Å². The fraction of sp³-hybridized carbons (Fsp3) is 0.211. The van der Waals surface area contributed by atoms with Gasteiger partial charge in [0.25, 0.3) is 0 Å². The number of aliphatic imine (C=N–C) groups is 1. The SMILES string of the molecule is CC1(C)COC(c2ccccc2-c2cc(C(=O)O)cc(C(=O)O)c2)=N1. The molecular weight excluding hydrogens is 322 g/mol. The fourth-order valence-corrected chi connectivity index (χ4v) is 2.67. The van der Waals surface area contributed by atoms with Crippen LogP contribution < -0.4 is 0 Å². The van der Waals surface area contributed by atoms with Crippen LogP contribution in [0, 0.1) is 0 Å². The van der Waals surface area contributed by atoms with Crippen molar-refractivity contribution < 1.29 is 24.5 Å². The van der Waals surface area contributed by atoms with Crippen molar-refractivity contribution in [2.45, 2.75) is 19.4 Å². The maximum Gasteiger partial charge on any atom is 0.335 e. The average Bonchev–Trinajstić information content (AvgIpc) is 2.94.